The van der Waals surface area contributed by atoms with Gasteiger partial charge in [-0.2, -0.15) is 11.3 Å². The molecular formula is C19H13N3S. The van der Waals surface area contributed by atoms with E-state index in [4.69, 9.17) is 4.98 Å². The van der Waals surface area contributed by atoms with Crippen LogP contribution >= 0.6 is 11.3 Å². The van der Waals surface area contributed by atoms with Gasteiger partial charge >= 0.3 is 0 Å². The summed E-state index contributed by atoms with van der Waals surface area (Å²) in [5, 5.41) is 10.7. The number of thiophene rings is 1. The summed E-state index contributed by atoms with van der Waals surface area (Å²) in [5.74, 6) is 0.479. The van der Waals surface area contributed by atoms with Gasteiger partial charge in [0.25, 0.3) is 0 Å². The highest BCUT2D eigenvalue weighted by molar-refractivity contribution is 7.09. The zero-order valence-electron chi connectivity index (χ0n) is 12.3. The second-order valence-corrected chi connectivity index (χ2v) is 7.08. The SMILES string of the molecule is C1=NCNC2=C1C1c3cc4cscc4cc3C2c2cccnc21. The maximum atomic E-state index is 4.74. The van der Waals surface area contributed by atoms with Gasteiger partial charge < -0.3 is 5.32 Å². The van der Waals surface area contributed by atoms with E-state index >= 15 is 0 Å². The van der Waals surface area contributed by atoms with Crippen LogP contribution in [0.15, 0.2) is 57.5 Å². The zero-order valence-corrected chi connectivity index (χ0v) is 13.1. The van der Waals surface area contributed by atoms with E-state index in [-0.39, 0.29) is 11.8 Å². The number of aliphatic imine (C=N–C) groups is 1. The van der Waals surface area contributed by atoms with E-state index in [9.17, 15) is 0 Å². The van der Waals surface area contributed by atoms with Crippen LogP contribution in [0.2, 0.25) is 0 Å². The van der Waals surface area contributed by atoms with Crippen molar-refractivity contribution in [3.8, 4) is 0 Å². The van der Waals surface area contributed by atoms with Crippen molar-refractivity contribution in [1.29, 1.82) is 0 Å². The van der Waals surface area contributed by atoms with Crippen molar-refractivity contribution in [3.05, 3.63) is 74.9 Å². The van der Waals surface area contributed by atoms with Crippen LogP contribution in [0.3, 0.4) is 0 Å². The number of fused-ring (bicyclic) bond motifs is 1. The lowest BCUT2D eigenvalue weighted by atomic mass is 9.64. The molecule has 3 aromatic rings. The Balaban J connectivity index is 1.74. The third-order valence-electron chi connectivity index (χ3n) is 5.26. The number of nitrogens with zero attached hydrogens (tertiary/aromatic N) is 2. The molecule has 3 nitrogen and oxygen atoms in total. The second-order valence-electron chi connectivity index (χ2n) is 6.34. The van der Waals surface area contributed by atoms with Gasteiger partial charge in [0.15, 0.2) is 0 Å². The van der Waals surface area contributed by atoms with Gasteiger partial charge in [0.2, 0.25) is 0 Å². The van der Waals surface area contributed by atoms with Gasteiger partial charge in [-0.1, -0.05) is 6.07 Å². The molecule has 7 rings (SSSR count). The largest absolute Gasteiger partial charge is 0.369 e. The second kappa shape index (κ2) is 4.09. The maximum Gasteiger partial charge on any atom is 0.107 e. The summed E-state index contributed by atoms with van der Waals surface area (Å²) < 4.78 is 0. The molecule has 2 unspecified atom stereocenters. The molecule has 0 radical (unpaired) electrons. The Kier molecular flexibility index (Phi) is 2.14. The Morgan fingerprint density at radius 1 is 1.04 bits per heavy atom. The molecule has 0 spiro atoms. The summed E-state index contributed by atoms with van der Waals surface area (Å²) in [7, 11) is 0. The molecule has 4 heteroatoms. The van der Waals surface area contributed by atoms with E-state index < -0.39 is 0 Å². The van der Waals surface area contributed by atoms with Crippen LogP contribution in [0.25, 0.3) is 10.8 Å². The van der Waals surface area contributed by atoms with E-state index in [1.54, 1.807) is 11.3 Å². The Morgan fingerprint density at radius 2 is 1.87 bits per heavy atom. The highest BCUT2D eigenvalue weighted by atomic mass is 32.1. The van der Waals surface area contributed by atoms with Crippen LogP contribution in [0.4, 0.5) is 0 Å². The van der Waals surface area contributed by atoms with Crippen molar-refractivity contribution < 1.29 is 0 Å². The number of benzene rings is 1. The first-order valence-electron chi connectivity index (χ1n) is 7.84. The summed E-state index contributed by atoms with van der Waals surface area (Å²) in [6, 6.07) is 9.03. The molecule has 23 heavy (non-hydrogen) atoms. The smallest absolute Gasteiger partial charge is 0.107 e. The monoisotopic (exact) mass is 315 g/mol. The number of pyridine rings is 1. The molecule has 1 aliphatic heterocycles. The summed E-state index contributed by atoms with van der Waals surface area (Å²) in [4.78, 5) is 9.20. The fraction of sp³-hybridized carbons (Fsp3) is 0.158. The molecule has 0 fully saturated rings. The van der Waals surface area contributed by atoms with E-state index in [2.05, 4.69) is 51.5 Å². The molecule has 3 heterocycles. The first-order chi connectivity index (χ1) is 11.4. The predicted octanol–water partition coefficient (Wildman–Crippen LogP) is 3.77. The van der Waals surface area contributed by atoms with Crippen LogP contribution in [0.1, 0.15) is 34.2 Å². The maximum absolute atomic E-state index is 4.74. The molecule has 1 aromatic carbocycles. The van der Waals surface area contributed by atoms with Crippen molar-refractivity contribution in [1.82, 2.24) is 10.3 Å². The molecule has 2 bridgehead atoms. The van der Waals surface area contributed by atoms with Crippen LogP contribution in [0.5, 0.6) is 0 Å². The minimum absolute atomic E-state index is 0.210. The van der Waals surface area contributed by atoms with Crippen LogP contribution < -0.4 is 5.32 Å². The fourth-order valence-corrected chi connectivity index (χ4v) is 5.12. The molecule has 0 saturated carbocycles. The Bertz CT molecular complexity index is 1040. The molecule has 4 aliphatic rings. The summed E-state index contributed by atoms with van der Waals surface area (Å²) in [5.41, 5.74) is 8.01. The molecule has 3 aliphatic carbocycles. The van der Waals surface area contributed by atoms with Gasteiger partial charge in [0.05, 0.1) is 17.5 Å². The first kappa shape index (κ1) is 12.0. The summed E-state index contributed by atoms with van der Waals surface area (Å²) in [6.07, 6.45) is 3.97. The van der Waals surface area contributed by atoms with Crippen LogP contribution in [0, 0.1) is 0 Å². The van der Waals surface area contributed by atoms with Gasteiger partial charge in [0, 0.05) is 23.7 Å². The number of allylic oxidation sites excluding steroid dienone is 2. The topological polar surface area (TPSA) is 37.3 Å². The fourth-order valence-electron chi connectivity index (χ4n) is 4.35. The molecule has 0 saturated heterocycles. The van der Waals surface area contributed by atoms with Crippen molar-refractivity contribution in [2.75, 3.05) is 6.67 Å². The highest BCUT2D eigenvalue weighted by Crippen LogP contribution is 2.54. The van der Waals surface area contributed by atoms with Gasteiger partial charge in [-0.05, 0) is 56.4 Å². The minimum Gasteiger partial charge on any atom is -0.369 e. The summed E-state index contributed by atoms with van der Waals surface area (Å²) >= 11 is 1.77. The van der Waals surface area contributed by atoms with Gasteiger partial charge in [0.1, 0.15) is 6.67 Å². The number of hydrogen-bond acceptors (Lipinski definition) is 4. The minimum atomic E-state index is 0.210. The number of rotatable bonds is 0. The average molecular weight is 315 g/mol. The Morgan fingerprint density at radius 3 is 2.74 bits per heavy atom. The van der Waals surface area contributed by atoms with Crippen molar-refractivity contribution in [3.63, 3.8) is 0 Å². The van der Waals surface area contributed by atoms with E-state index in [1.165, 1.54) is 44.4 Å². The average Bonchev–Trinajstić information content (AvgIpc) is 3.06. The highest BCUT2D eigenvalue weighted by Gasteiger charge is 2.44. The number of nitrogens with one attached hydrogen (secondary N) is 1. The van der Waals surface area contributed by atoms with Crippen molar-refractivity contribution in [2.45, 2.75) is 11.8 Å². The first-order valence-corrected chi connectivity index (χ1v) is 8.78. The molecule has 0 amide bonds. The van der Waals surface area contributed by atoms with Gasteiger partial charge in [-0.25, -0.2) is 0 Å². The van der Waals surface area contributed by atoms with E-state index in [0.29, 0.717) is 6.67 Å². The van der Waals surface area contributed by atoms with E-state index in [0.717, 1.165) is 0 Å². The Labute approximate surface area is 137 Å². The molecule has 2 atom stereocenters. The molecule has 1 N–H and O–H groups in total. The molecule has 110 valence electrons. The quantitative estimate of drug-likeness (QED) is 0.685. The van der Waals surface area contributed by atoms with Crippen molar-refractivity contribution >= 4 is 28.3 Å². The third kappa shape index (κ3) is 1.40. The lowest BCUT2D eigenvalue weighted by molar-refractivity contribution is 0.643. The van der Waals surface area contributed by atoms with Crippen molar-refractivity contribution in [2.24, 2.45) is 4.99 Å². The molecular weight excluding hydrogens is 302 g/mol. The predicted molar refractivity (Wildman–Crippen MR) is 93.3 cm³/mol. The van der Waals surface area contributed by atoms with Crippen LogP contribution in [-0.2, 0) is 0 Å². The number of hydrogen-bond donors (Lipinski definition) is 1. The standard InChI is InChI=1S/C19H13N3S/c1-2-12-16-13-4-10-7-23-8-11(10)5-14(13)17(18(12)21-3-1)15-6-20-9-22-19(15)16/h1-8,16-17,22H,9H2. The van der Waals surface area contributed by atoms with Crippen LogP contribution in [-0.4, -0.2) is 17.9 Å². The zero-order chi connectivity index (χ0) is 15.0. The van der Waals surface area contributed by atoms with E-state index in [1.807, 2.05) is 6.20 Å². The lowest BCUT2D eigenvalue weighted by Crippen LogP contribution is -2.37. The van der Waals surface area contributed by atoms with Gasteiger partial charge in [-0.15, -0.1) is 0 Å². The summed E-state index contributed by atoms with van der Waals surface area (Å²) in [6.45, 7) is 0.674. The Hall–Kier alpha value is -2.46. The van der Waals surface area contributed by atoms with Gasteiger partial charge in [-0.3, -0.25) is 9.98 Å². The normalized spacial score (nSPS) is 23.5. The number of aromatic nitrogens is 1. The lowest BCUT2D eigenvalue weighted by Gasteiger charge is -2.43. The molecule has 2 aromatic heterocycles. The third-order valence-corrected chi connectivity index (χ3v) is 6.04.